The molecule has 1 atom stereocenters. The molecule has 0 aromatic carbocycles. The van der Waals surface area contributed by atoms with E-state index in [9.17, 15) is 14.5 Å². The lowest BCUT2D eigenvalue weighted by Gasteiger charge is -2.11. The minimum Gasteiger partial charge on any atom is -0.505 e. The van der Waals surface area contributed by atoms with Crippen LogP contribution in [-0.2, 0) is 20.5 Å². The first-order valence-electron chi connectivity index (χ1n) is 5.90. The van der Waals surface area contributed by atoms with Gasteiger partial charge in [-0.2, -0.15) is 12.6 Å². The highest BCUT2D eigenvalue weighted by molar-refractivity contribution is 7.80. The zero-order valence-electron chi connectivity index (χ0n) is 11.4. The van der Waals surface area contributed by atoms with Gasteiger partial charge in [0.25, 0.3) is 0 Å². The number of thiol groups is 1. The number of carboxylic acids is 1. The third kappa shape index (κ3) is 5.39. The first kappa shape index (κ1) is 18.6. The van der Waals surface area contributed by atoms with E-state index in [4.69, 9.17) is 14.9 Å². The van der Waals surface area contributed by atoms with Crippen molar-refractivity contribution >= 4 is 32.6 Å². The fraction of sp³-hybridized carbons (Fsp3) is 0.364. The zero-order chi connectivity index (χ0) is 16.9. The molecule has 0 radical (unpaired) electrons. The molecule has 4 N–H and O–H groups in total. The van der Waals surface area contributed by atoms with Crippen molar-refractivity contribution in [1.82, 2.24) is 4.98 Å². The maximum atomic E-state index is 10.9. The lowest BCUT2D eigenvalue weighted by Crippen LogP contribution is -2.19. The number of carbonyl (C=O) groups is 1. The van der Waals surface area contributed by atoms with E-state index in [0.717, 1.165) is 6.21 Å². The fourth-order valence-corrected chi connectivity index (χ4v) is 1.98. The van der Waals surface area contributed by atoms with Crippen LogP contribution >= 0.6 is 20.5 Å². The number of aliphatic imine (C=N–C) groups is 1. The van der Waals surface area contributed by atoms with Crippen LogP contribution in [0.25, 0.3) is 0 Å². The highest BCUT2D eigenvalue weighted by Gasteiger charge is 2.18. The Bertz CT molecular complexity index is 631. The second-order valence-corrected chi connectivity index (χ2v) is 5.81. The van der Waals surface area contributed by atoms with E-state index in [2.05, 4.69) is 27.1 Å². The Morgan fingerprint density at radius 3 is 2.73 bits per heavy atom. The molecule has 1 aromatic rings. The molecule has 1 heterocycles. The number of nitrogens with zero attached hydrogens (tertiary/aromatic N) is 2. The summed E-state index contributed by atoms with van der Waals surface area (Å²) in [6.45, 7) is 0.985. The fourth-order valence-electron chi connectivity index (χ4n) is 1.42. The lowest BCUT2D eigenvalue weighted by molar-refractivity contribution is -0.137. The number of rotatable bonds is 7. The quantitative estimate of drug-likeness (QED) is 0.271. The monoisotopic (exact) mass is 350 g/mol. The number of phosphoric ester groups is 1. The average Bonchev–Trinajstić information content (AvgIpc) is 2.41. The van der Waals surface area contributed by atoms with Gasteiger partial charge in [-0.25, -0.2) is 9.36 Å². The number of aryl methyl sites for hydroxylation is 1. The third-order valence-corrected chi connectivity index (χ3v) is 3.40. The number of aliphatic carboxylic acids is 1. The first-order chi connectivity index (χ1) is 10.2. The molecule has 0 aliphatic rings. The topological polar surface area (TPSA) is 150 Å². The summed E-state index contributed by atoms with van der Waals surface area (Å²) in [5, 5.41) is 18.9. The maximum absolute atomic E-state index is 10.9. The van der Waals surface area contributed by atoms with E-state index in [-0.39, 0.29) is 28.3 Å². The van der Waals surface area contributed by atoms with Gasteiger partial charge in [0.2, 0.25) is 0 Å². The van der Waals surface area contributed by atoms with E-state index in [1.807, 2.05) is 0 Å². The number of hydrogen-bond acceptors (Lipinski definition) is 7. The minimum absolute atomic E-state index is 0.0506. The van der Waals surface area contributed by atoms with Crippen molar-refractivity contribution in [3.8, 4) is 5.75 Å². The second kappa shape index (κ2) is 7.70. The molecule has 0 saturated heterocycles. The van der Waals surface area contributed by atoms with Crippen LogP contribution < -0.4 is 0 Å². The summed E-state index contributed by atoms with van der Waals surface area (Å²) >= 11 is 3.86. The number of hydrogen-bond donors (Lipinski definition) is 5. The van der Waals surface area contributed by atoms with Gasteiger partial charge in [-0.3, -0.25) is 14.5 Å². The van der Waals surface area contributed by atoms with Crippen LogP contribution in [0.2, 0.25) is 0 Å². The summed E-state index contributed by atoms with van der Waals surface area (Å²) in [7, 11) is -4.70. The van der Waals surface area contributed by atoms with Crippen LogP contribution in [0.3, 0.4) is 0 Å². The van der Waals surface area contributed by atoms with E-state index >= 15 is 0 Å². The number of aromatic hydroxyl groups is 1. The Morgan fingerprint density at radius 2 is 2.23 bits per heavy atom. The summed E-state index contributed by atoms with van der Waals surface area (Å²) < 4.78 is 15.1. The standard InChI is InChI=1S/C11H15N2O7PS/c1-6-10(14)8(3-13-9(5-22)11(15)16)7(2-12-6)4-20-21(17,18)19/h2-3,9,14,22H,4-5H2,1H3,(H,15,16)(H2,17,18,19)/t9-/m0/s1. The molecule has 0 saturated carbocycles. The highest BCUT2D eigenvalue weighted by Crippen LogP contribution is 2.37. The number of pyridine rings is 1. The summed E-state index contributed by atoms with van der Waals surface area (Å²) in [4.78, 5) is 35.9. The number of aromatic nitrogens is 1. The molecule has 0 fully saturated rings. The molecule has 0 spiro atoms. The van der Waals surface area contributed by atoms with Crippen LogP contribution in [0.4, 0.5) is 0 Å². The van der Waals surface area contributed by atoms with Gasteiger partial charge in [-0.05, 0) is 6.92 Å². The smallest absolute Gasteiger partial charge is 0.469 e. The van der Waals surface area contributed by atoms with Gasteiger partial charge in [0.05, 0.1) is 12.3 Å². The van der Waals surface area contributed by atoms with Crippen LogP contribution in [0.15, 0.2) is 11.2 Å². The lowest BCUT2D eigenvalue weighted by atomic mass is 10.1. The van der Waals surface area contributed by atoms with Gasteiger partial charge in [0.1, 0.15) is 5.75 Å². The van der Waals surface area contributed by atoms with Crippen molar-refractivity contribution in [3.63, 3.8) is 0 Å². The van der Waals surface area contributed by atoms with E-state index in [1.165, 1.54) is 13.1 Å². The molecular formula is C11H15N2O7PS. The number of phosphoric acid groups is 1. The molecule has 9 nitrogen and oxygen atoms in total. The molecule has 1 aromatic heterocycles. The largest absolute Gasteiger partial charge is 0.505 e. The average molecular weight is 350 g/mol. The molecule has 0 aliphatic carbocycles. The highest BCUT2D eigenvalue weighted by atomic mass is 32.1. The second-order valence-electron chi connectivity index (χ2n) is 4.21. The predicted octanol–water partition coefficient (Wildman–Crippen LogP) is 0.507. The molecule has 0 amide bonds. The Hall–Kier alpha value is -1.45. The van der Waals surface area contributed by atoms with Crippen molar-refractivity contribution in [2.75, 3.05) is 5.75 Å². The Labute approximate surface area is 131 Å². The molecule has 11 heteroatoms. The van der Waals surface area contributed by atoms with Crippen molar-refractivity contribution in [3.05, 3.63) is 23.0 Å². The van der Waals surface area contributed by atoms with Gasteiger partial charge >= 0.3 is 13.8 Å². The normalized spacial score (nSPS) is 13.5. The van der Waals surface area contributed by atoms with E-state index in [0.29, 0.717) is 0 Å². The maximum Gasteiger partial charge on any atom is 0.469 e. The summed E-state index contributed by atoms with van der Waals surface area (Å²) in [6.07, 6.45) is 2.35. The summed E-state index contributed by atoms with van der Waals surface area (Å²) in [5.74, 6) is -1.52. The van der Waals surface area contributed by atoms with Crippen molar-refractivity contribution < 1.29 is 33.9 Å². The van der Waals surface area contributed by atoms with Crippen LogP contribution in [-0.4, -0.2) is 49.0 Å². The molecule has 122 valence electrons. The third-order valence-electron chi connectivity index (χ3n) is 2.59. The SMILES string of the molecule is Cc1ncc(COP(=O)(O)O)c(C=N[C@@H](CS)C(=O)O)c1O. The zero-order valence-corrected chi connectivity index (χ0v) is 13.2. The Kier molecular flexibility index (Phi) is 6.51. The molecule has 22 heavy (non-hydrogen) atoms. The summed E-state index contributed by atoms with van der Waals surface area (Å²) in [5.41, 5.74) is 0.478. The van der Waals surface area contributed by atoms with Crippen LogP contribution in [0.5, 0.6) is 5.75 Å². The van der Waals surface area contributed by atoms with Gasteiger partial charge < -0.3 is 20.0 Å². The summed E-state index contributed by atoms with van der Waals surface area (Å²) in [6, 6.07) is -1.12. The van der Waals surface area contributed by atoms with Crippen LogP contribution in [0, 0.1) is 6.92 Å². The first-order valence-corrected chi connectivity index (χ1v) is 8.06. The number of carboxylic acid groups (broad SMARTS) is 1. The van der Waals surface area contributed by atoms with Gasteiger partial charge in [0.15, 0.2) is 6.04 Å². The molecular weight excluding hydrogens is 335 g/mol. The Balaban J connectivity index is 3.14. The van der Waals surface area contributed by atoms with Gasteiger partial charge in [-0.15, -0.1) is 0 Å². The van der Waals surface area contributed by atoms with Gasteiger partial charge in [0, 0.05) is 29.3 Å². The molecule has 0 unspecified atom stereocenters. The van der Waals surface area contributed by atoms with Crippen LogP contribution in [0.1, 0.15) is 16.8 Å². The molecule has 1 rings (SSSR count). The Morgan fingerprint density at radius 1 is 1.59 bits per heavy atom. The van der Waals surface area contributed by atoms with Gasteiger partial charge in [-0.1, -0.05) is 0 Å². The van der Waals surface area contributed by atoms with Crippen molar-refractivity contribution in [2.45, 2.75) is 19.6 Å². The predicted molar refractivity (Wildman–Crippen MR) is 80.3 cm³/mol. The molecule has 0 bridgehead atoms. The molecule has 0 aliphatic heterocycles. The van der Waals surface area contributed by atoms with Crippen molar-refractivity contribution in [1.29, 1.82) is 0 Å². The van der Waals surface area contributed by atoms with E-state index in [1.54, 1.807) is 0 Å². The van der Waals surface area contributed by atoms with Crippen molar-refractivity contribution in [2.24, 2.45) is 4.99 Å². The van der Waals surface area contributed by atoms with E-state index < -0.39 is 26.4 Å². The minimum atomic E-state index is -4.70.